The lowest BCUT2D eigenvalue weighted by Gasteiger charge is -2.35. The highest BCUT2D eigenvalue weighted by molar-refractivity contribution is 6.20. The molecule has 1 aliphatic heterocycles. The number of aliphatic imine (C=N–C) groups is 1. The number of amides is 2. The van der Waals surface area contributed by atoms with Crippen molar-refractivity contribution in [2.45, 2.75) is 82.9 Å². The third kappa shape index (κ3) is 6.82. The van der Waals surface area contributed by atoms with Gasteiger partial charge in [-0.25, -0.2) is 9.38 Å². The van der Waals surface area contributed by atoms with Gasteiger partial charge in [-0.3, -0.25) is 14.5 Å². The number of hydrogen-bond donors (Lipinski definition) is 3. The molecule has 2 aliphatic carbocycles. The third-order valence-corrected chi connectivity index (χ3v) is 6.14. The molecule has 188 valence electrons. The summed E-state index contributed by atoms with van der Waals surface area (Å²) in [6, 6.07) is -0.905. The molecule has 8 nitrogen and oxygen atoms in total. The maximum Gasteiger partial charge on any atom is 0.254 e. The summed E-state index contributed by atoms with van der Waals surface area (Å²) in [5.74, 6) is -0.828. The highest BCUT2D eigenvalue weighted by Gasteiger charge is 2.36. The van der Waals surface area contributed by atoms with E-state index in [1.54, 1.807) is 0 Å². The Hall–Kier alpha value is -2.39. The molecule has 0 aromatic rings. The van der Waals surface area contributed by atoms with Crippen LogP contribution in [0.1, 0.15) is 59.8 Å². The molecule has 3 aliphatic rings. The Morgan fingerprint density at radius 1 is 1.38 bits per heavy atom. The van der Waals surface area contributed by atoms with Crippen LogP contribution in [0.2, 0.25) is 0 Å². The predicted octanol–water partition coefficient (Wildman–Crippen LogP) is 3.03. The van der Waals surface area contributed by atoms with Crippen LogP contribution in [0.4, 0.5) is 4.39 Å². The number of halogens is 2. The van der Waals surface area contributed by atoms with Crippen molar-refractivity contribution in [1.82, 2.24) is 15.5 Å². The number of nitrogens with zero attached hydrogens (tertiary/aromatic N) is 2. The van der Waals surface area contributed by atoms with Gasteiger partial charge in [-0.15, -0.1) is 11.6 Å². The lowest BCUT2D eigenvalue weighted by Crippen LogP contribution is -2.60. The summed E-state index contributed by atoms with van der Waals surface area (Å²) in [6.45, 7) is 6.70. The zero-order chi connectivity index (χ0) is 25.0. The van der Waals surface area contributed by atoms with Crippen molar-refractivity contribution in [2.24, 2.45) is 4.99 Å². The van der Waals surface area contributed by atoms with Gasteiger partial charge in [0.1, 0.15) is 17.4 Å². The Bertz CT molecular complexity index is 936. The Morgan fingerprint density at radius 3 is 2.71 bits per heavy atom. The van der Waals surface area contributed by atoms with Crippen molar-refractivity contribution in [3.05, 3.63) is 35.0 Å². The number of carbonyl (C=O) groups excluding carboxylic acids is 2. The Balaban J connectivity index is 1.81. The third-order valence-electron chi connectivity index (χ3n) is 5.75. The maximum absolute atomic E-state index is 14.5. The highest BCUT2D eigenvalue weighted by Crippen LogP contribution is 2.27. The molecule has 0 saturated carbocycles. The van der Waals surface area contributed by atoms with Crippen LogP contribution in [-0.2, 0) is 14.3 Å². The number of carbonyl (C=O) groups is 2. The molecule has 2 atom stereocenters. The summed E-state index contributed by atoms with van der Waals surface area (Å²) >= 11 is 6.20. The fourth-order valence-corrected chi connectivity index (χ4v) is 4.05. The van der Waals surface area contributed by atoms with Crippen molar-refractivity contribution < 1.29 is 23.8 Å². The van der Waals surface area contributed by atoms with E-state index in [9.17, 15) is 19.1 Å². The monoisotopic (exact) mass is 496 g/mol. The first-order chi connectivity index (χ1) is 15.9. The molecule has 0 bridgehead atoms. The first-order valence-electron chi connectivity index (χ1n) is 11.7. The van der Waals surface area contributed by atoms with Crippen molar-refractivity contribution in [1.29, 1.82) is 0 Å². The van der Waals surface area contributed by atoms with Crippen molar-refractivity contribution >= 4 is 29.4 Å². The van der Waals surface area contributed by atoms with E-state index in [2.05, 4.69) is 15.6 Å². The topological polar surface area (TPSA) is 103 Å². The van der Waals surface area contributed by atoms with Crippen LogP contribution in [0.25, 0.3) is 0 Å². The molecule has 0 aromatic carbocycles. The normalized spacial score (nSPS) is 23.9. The summed E-state index contributed by atoms with van der Waals surface area (Å²) in [5.41, 5.74) is 0.00865. The van der Waals surface area contributed by atoms with Gasteiger partial charge in [0.25, 0.3) is 11.8 Å². The molecule has 0 spiro atoms. The summed E-state index contributed by atoms with van der Waals surface area (Å²) in [7, 11) is 0. The van der Waals surface area contributed by atoms with E-state index in [-0.39, 0.29) is 30.5 Å². The molecule has 0 radical (unpaired) electrons. The van der Waals surface area contributed by atoms with Crippen LogP contribution in [0.15, 0.2) is 40.0 Å². The molecule has 0 aromatic heterocycles. The minimum atomic E-state index is -1.62. The Labute approximate surface area is 205 Å². The molecular weight excluding hydrogens is 463 g/mol. The second kappa shape index (κ2) is 10.9. The average molecular weight is 497 g/mol. The molecular formula is C24H34ClFN4O4. The average Bonchev–Trinajstić information content (AvgIpc) is 2.75. The molecule has 0 saturated heterocycles. The van der Waals surface area contributed by atoms with Gasteiger partial charge >= 0.3 is 0 Å². The quantitative estimate of drug-likeness (QED) is 0.371. The van der Waals surface area contributed by atoms with Gasteiger partial charge in [-0.1, -0.05) is 11.6 Å². The molecule has 2 amide bonds. The fourth-order valence-electron chi connectivity index (χ4n) is 3.85. The molecule has 1 heterocycles. The van der Waals surface area contributed by atoms with Crippen LogP contribution in [0.5, 0.6) is 0 Å². The number of allylic oxidation sites excluding steroid dienone is 5. The number of guanidine groups is 1. The van der Waals surface area contributed by atoms with Gasteiger partial charge in [-0.2, -0.15) is 0 Å². The van der Waals surface area contributed by atoms with E-state index in [0.29, 0.717) is 30.3 Å². The van der Waals surface area contributed by atoms with Gasteiger partial charge in [0.2, 0.25) is 5.96 Å². The van der Waals surface area contributed by atoms with E-state index < -0.39 is 23.4 Å². The number of hydrogen-bond acceptors (Lipinski definition) is 6. The Morgan fingerprint density at radius 2 is 2.12 bits per heavy atom. The van der Waals surface area contributed by atoms with Gasteiger partial charge in [-0.05, 0) is 59.5 Å². The number of aliphatic hydroxyl groups is 1. The van der Waals surface area contributed by atoms with Crippen LogP contribution in [0.3, 0.4) is 0 Å². The molecule has 3 rings (SSSR count). The molecule has 0 fully saturated rings. The number of rotatable bonds is 7. The zero-order valence-corrected chi connectivity index (χ0v) is 20.9. The van der Waals surface area contributed by atoms with E-state index in [4.69, 9.17) is 16.3 Å². The lowest BCUT2D eigenvalue weighted by molar-refractivity contribution is -0.141. The largest absolute Gasteiger partial charge is 0.492 e. The second-order valence-corrected chi connectivity index (χ2v) is 10.3. The Kier molecular flexibility index (Phi) is 8.41. The fraction of sp³-hybridized carbons (Fsp3) is 0.625. The summed E-state index contributed by atoms with van der Waals surface area (Å²) in [4.78, 5) is 31.6. The first kappa shape index (κ1) is 26.2. The van der Waals surface area contributed by atoms with Crippen LogP contribution < -0.4 is 10.6 Å². The van der Waals surface area contributed by atoms with Gasteiger partial charge in [0, 0.05) is 24.0 Å². The van der Waals surface area contributed by atoms with Crippen LogP contribution in [-0.4, -0.2) is 64.0 Å². The van der Waals surface area contributed by atoms with Crippen molar-refractivity contribution in [3.8, 4) is 0 Å². The first-order valence-corrected chi connectivity index (χ1v) is 12.1. The van der Waals surface area contributed by atoms with Gasteiger partial charge in [0.15, 0.2) is 5.83 Å². The second-order valence-electron chi connectivity index (χ2n) is 9.64. The van der Waals surface area contributed by atoms with Crippen LogP contribution in [0, 0.1) is 0 Å². The van der Waals surface area contributed by atoms with Crippen LogP contribution >= 0.6 is 11.6 Å². The summed E-state index contributed by atoms with van der Waals surface area (Å²) in [5, 5.41) is 15.7. The standard InChI is InChI=1S/C24H34ClFN4O4/c1-14(2)34-20-10-9-17(11-18(20)26)28-23-27-12-19(29-22(32)24(3,4)33)21(31)30(23)13-15-5-7-16(25)8-6-15/h5,11,14,16,19,33H,6-10,12-13H2,1-4H3,(H,27,28)(H,29,32). The van der Waals surface area contributed by atoms with Gasteiger partial charge in [0.05, 0.1) is 12.6 Å². The smallest absolute Gasteiger partial charge is 0.254 e. The maximum atomic E-state index is 14.5. The molecule has 34 heavy (non-hydrogen) atoms. The number of alkyl halides is 1. The lowest BCUT2D eigenvalue weighted by atomic mass is 9.98. The minimum Gasteiger partial charge on any atom is -0.492 e. The molecule has 10 heteroatoms. The predicted molar refractivity (Wildman–Crippen MR) is 129 cm³/mol. The van der Waals surface area contributed by atoms with Crippen molar-refractivity contribution in [3.63, 3.8) is 0 Å². The van der Waals surface area contributed by atoms with E-state index in [1.165, 1.54) is 24.8 Å². The van der Waals surface area contributed by atoms with Gasteiger partial charge < -0.3 is 20.5 Å². The number of nitrogens with one attached hydrogen (secondary N) is 2. The number of ether oxygens (including phenoxy) is 1. The summed E-state index contributed by atoms with van der Waals surface area (Å²) < 4.78 is 20.1. The summed E-state index contributed by atoms with van der Waals surface area (Å²) in [6.07, 6.45) is 6.47. The SMILES string of the molecule is CC(C)OC1=C(F)C=C(NC2=NCC(NC(=O)C(C)(C)O)C(=O)N2CC2=CCC(Cl)CC2)CC1. The van der Waals surface area contributed by atoms with E-state index in [1.807, 2.05) is 19.9 Å². The van der Waals surface area contributed by atoms with E-state index in [0.717, 1.165) is 24.8 Å². The molecule has 2 unspecified atom stereocenters. The molecule has 3 N–H and O–H groups in total. The van der Waals surface area contributed by atoms with Crippen molar-refractivity contribution in [2.75, 3.05) is 13.1 Å². The minimum absolute atomic E-state index is 0.00952. The zero-order valence-electron chi connectivity index (χ0n) is 20.2. The van der Waals surface area contributed by atoms with E-state index >= 15 is 0 Å². The highest BCUT2D eigenvalue weighted by atomic mass is 35.5.